The number of hydrogen-bond donors (Lipinski definition) is 2. The van der Waals surface area contributed by atoms with Gasteiger partial charge in [-0.1, -0.05) is 0 Å². The lowest BCUT2D eigenvalue weighted by atomic mass is 10.3. The molecule has 6 nitrogen and oxygen atoms in total. The summed E-state index contributed by atoms with van der Waals surface area (Å²) in [5.41, 5.74) is 0.736. The molecule has 0 aliphatic heterocycles. The van der Waals surface area contributed by atoms with Crippen molar-refractivity contribution in [2.24, 2.45) is 0 Å². The molecule has 0 fully saturated rings. The topological polar surface area (TPSA) is 79.6 Å². The van der Waals surface area contributed by atoms with Crippen molar-refractivity contribution < 1.29 is 4.42 Å². The molecule has 86 valence electrons. The first-order chi connectivity index (χ1) is 8.33. The highest BCUT2D eigenvalue weighted by molar-refractivity contribution is 5.85. The summed E-state index contributed by atoms with van der Waals surface area (Å²) in [7, 11) is 0. The highest BCUT2D eigenvalue weighted by atomic mass is 16.3. The molecular formula is C11H11N5O. The largest absolute Gasteiger partial charge is 0.467 e. The highest BCUT2D eigenvalue weighted by Crippen LogP contribution is 2.18. The maximum absolute atomic E-state index is 5.25. The lowest BCUT2D eigenvalue weighted by Gasteiger charge is -2.05. The van der Waals surface area contributed by atoms with E-state index in [0.717, 1.165) is 22.6 Å². The Kier molecular flexibility index (Phi) is 2.25. The van der Waals surface area contributed by atoms with Crippen LogP contribution in [0.15, 0.2) is 29.0 Å². The molecule has 0 atom stereocenters. The summed E-state index contributed by atoms with van der Waals surface area (Å²) in [6.45, 7) is 2.43. The van der Waals surface area contributed by atoms with E-state index < -0.39 is 0 Å². The molecule has 0 saturated heterocycles. The number of nitrogens with one attached hydrogen (secondary N) is 2. The van der Waals surface area contributed by atoms with E-state index in [2.05, 4.69) is 25.5 Å². The number of aromatic amines is 1. The SMILES string of the molecule is Cc1nc(NCc2ccco2)c2cn[nH]c2n1. The van der Waals surface area contributed by atoms with Crippen molar-refractivity contribution in [1.82, 2.24) is 20.2 Å². The zero-order valence-electron chi connectivity index (χ0n) is 9.27. The van der Waals surface area contributed by atoms with Crippen LogP contribution in [0.4, 0.5) is 5.82 Å². The van der Waals surface area contributed by atoms with Crippen LogP contribution in [0.5, 0.6) is 0 Å². The number of rotatable bonds is 3. The molecule has 0 saturated carbocycles. The maximum Gasteiger partial charge on any atom is 0.161 e. The molecule has 3 rings (SSSR count). The molecule has 0 aliphatic carbocycles. The first-order valence-corrected chi connectivity index (χ1v) is 5.27. The molecule has 3 aromatic heterocycles. The molecule has 0 bridgehead atoms. The number of H-pyrrole nitrogens is 1. The summed E-state index contributed by atoms with van der Waals surface area (Å²) < 4.78 is 5.25. The van der Waals surface area contributed by atoms with Crippen LogP contribution in [0.25, 0.3) is 11.0 Å². The standard InChI is InChI=1S/C11H11N5O/c1-7-14-10(9-6-13-16-11(9)15-7)12-5-8-3-2-4-17-8/h2-4,6H,5H2,1H3,(H2,12,13,14,15,16). The van der Waals surface area contributed by atoms with Gasteiger partial charge in [0, 0.05) is 0 Å². The second-order valence-corrected chi connectivity index (χ2v) is 3.68. The highest BCUT2D eigenvalue weighted by Gasteiger charge is 2.07. The Morgan fingerprint density at radius 2 is 2.35 bits per heavy atom. The van der Waals surface area contributed by atoms with Crippen molar-refractivity contribution in [3.63, 3.8) is 0 Å². The molecule has 2 N–H and O–H groups in total. The third kappa shape index (κ3) is 1.84. The van der Waals surface area contributed by atoms with Gasteiger partial charge in [-0.15, -0.1) is 0 Å². The fraction of sp³-hybridized carbons (Fsp3) is 0.182. The fourth-order valence-electron chi connectivity index (χ4n) is 1.67. The second-order valence-electron chi connectivity index (χ2n) is 3.68. The third-order valence-corrected chi connectivity index (χ3v) is 2.43. The number of fused-ring (bicyclic) bond motifs is 1. The summed E-state index contributed by atoms with van der Waals surface area (Å²) in [5.74, 6) is 2.32. The van der Waals surface area contributed by atoms with Crippen LogP contribution < -0.4 is 5.32 Å². The van der Waals surface area contributed by atoms with Crippen molar-refractivity contribution in [3.8, 4) is 0 Å². The van der Waals surface area contributed by atoms with Gasteiger partial charge in [-0.25, -0.2) is 9.97 Å². The van der Waals surface area contributed by atoms with Crippen LogP contribution in [-0.4, -0.2) is 20.2 Å². The Bertz CT molecular complexity index is 628. The Morgan fingerprint density at radius 1 is 1.41 bits per heavy atom. The normalized spacial score (nSPS) is 10.9. The van der Waals surface area contributed by atoms with Crippen LogP contribution in [-0.2, 0) is 6.54 Å². The van der Waals surface area contributed by atoms with Crippen LogP contribution in [0.3, 0.4) is 0 Å². The summed E-state index contributed by atoms with van der Waals surface area (Å²) in [6.07, 6.45) is 3.36. The molecule has 0 unspecified atom stereocenters. The molecule has 17 heavy (non-hydrogen) atoms. The number of nitrogens with zero attached hydrogens (tertiary/aromatic N) is 3. The fourth-order valence-corrected chi connectivity index (χ4v) is 1.67. The van der Waals surface area contributed by atoms with Crippen molar-refractivity contribution in [3.05, 3.63) is 36.2 Å². The van der Waals surface area contributed by atoms with Crippen molar-refractivity contribution in [2.45, 2.75) is 13.5 Å². The smallest absolute Gasteiger partial charge is 0.161 e. The molecule has 3 aromatic rings. The Balaban J connectivity index is 1.91. The first-order valence-electron chi connectivity index (χ1n) is 5.27. The van der Waals surface area contributed by atoms with Crippen LogP contribution in [0, 0.1) is 6.92 Å². The molecule has 0 radical (unpaired) electrons. The minimum Gasteiger partial charge on any atom is -0.467 e. The van der Waals surface area contributed by atoms with Gasteiger partial charge in [0.05, 0.1) is 24.4 Å². The minimum absolute atomic E-state index is 0.587. The van der Waals surface area contributed by atoms with E-state index in [9.17, 15) is 0 Å². The quantitative estimate of drug-likeness (QED) is 0.716. The zero-order valence-corrected chi connectivity index (χ0v) is 9.27. The maximum atomic E-state index is 5.25. The van der Waals surface area contributed by atoms with E-state index in [4.69, 9.17) is 4.42 Å². The van der Waals surface area contributed by atoms with Crippen LogP contribution in [0.2, 0.25) is 0 Å². The van der Waals surface area contributed by atoms with E-state index in [-0.39, 0.29) is 0 Å². The monoisotopic (exact) mass is 229 g/mol. The average molecular weight is 229 g/mol. The van der Waals surface area contributed by atoms with Crippen molar-refractivity contribution >= 4 is 16.9 Å². The van der Waals surface area contributed by atoms with Crippen LogP contribution >= 0.6 is 0 Å². The van der Waals surface area contributed by atoms with E-state index in [1.165, 1.54) is 0 Å². The first kappa shape index (κ1) is 9.83. The number of aryl methyl sites for hydroxylation is 1. The second kappa shape index (κ2) is 3.89. The average Bonchev–Trinajstić information content (AvgIpc) is 2.95. The third-order valence-electron chi connectivity index (χ3n) is 2.43. The van der Waals surface area contributed by atoms with Gasteiger partial charge in [-0.05, 0) is 19.1 Å². The predicted molar refractivity (Wildman–Crippen MR) is 62.5 cm³/mol. The Morgan fingerprint density at radius 3 is 3.18 bits per heavy atom. The molecule has 0 aliphatic rings. The minimum atomic E-state index is 0.587. The summed E-state index contributed by atoms with van der Waals surface area (Å²) in [5, 5.41) is 10.9. The van der Waals surface area contributed by atoms with Crippen LogP contribution in [0.1, 0.15) is 11.6 Å². The van der Waals surface area contributed by atoms with Gasteiger partial charge >= 0.3 is 0 Å². The van der Waals surface area contributed by atoms with E-state index >= 15 is 0 Å². The number of anilines is 1. The Hall–Kier alpha value is -2.37. The van der Waals surface area contributed by atoms with E-state index in [1.54, 1.807) is 12.5 Å². The lowest BCUT2D eigenvalue weighted by molar-refractivity contribution is 0.518. The predicted octanol–water partition coefficient (Wildman–Crippen LogP) is 1.87. The summed E-state index contributed by atoms with van der Waals surface area (Å²) in [6, 6.07) is 3.77. The van der Waals surface area contributed by atoms with Gasteiger partial charge in [0.1, 0.15) is 17.4 Å². The number of hydrogen-bond acceptors (Lipinski definition) is 5. The molecule has 0 amide bonds. The van der Waals surface area contributed by atoms with Gasteiger partial charge in [-0.2, -0.15) is 5.10 Å². The van der Waals surface area contributed by atoms with Gasteiger partial charge in [0.15, 0.2) is 5.65 Å². The van der Waals surface area contributed by atoms with Crippen molar-refractivity contribution in [2.75, 3.05) is 5.32 Å². The van der Waals surface area contributed by atoms with E-state index in [1.807, 2.05) is 19.1 Å². The van der Waals surface area contributed by atoms with Gasteiger partial charge in [0.2, 0.25) is 0 Å². The molecular weight excluding hydrogens is 218 g/mol. The number of furan rings is 1. The molecule has 0 aromatic carbocycles. The molecule has 0 spiro atoms. The summed E-state index contributed by atoms with van der Waals surface area (Å²) in [4.78, 5) is 8.60. The lowest BCUT2D eigenvalue weighted by Crippen LogP contribution is -2.02. The van der Waals surface area contributed by atoms with E-state index in [0.29, 0.717) is 12.4 Å². The van der Waals surface area contributed by atoms with Gasteiger partial charge < -0.3 is 9.73 Å². The molecule has 3 heterocycles. The van der Waals surface area contributed by atoms with Gasteiger partial charge in [0.25, 0.3) is 0 Å². The molecule has 6 heteroatoms. The Labute approximate surface area is 97.1 Å². The van der Waals surface area contributed by atoms with Crippen molar-refractivity contribution in [1.29, 1.82) is 0 Å². The van der Waals surface area contributed by atoms with Gasteiger partial charge in [-0.3, -0.25) is 5.10 Å². The number of aromatic nitrogens is 4. The summed E-state index contributed by atoms with van der Waals surface area (Å²) >= 11 is 0. The zero-order chi connectivity index (χ0) is 11.7.